The number of rotatable bonds is 5. The summed E-state index contributed by atoms with van der Waals surface area (Å²) in [5.74, 6) is 0.0781. The van der Waals surface area contributed by atoms with Gasteiger partial charge in [0.05, 0.1) is 0 Å². The molecule has 1 aromatic carbocycles. The number of carbonyl (C=O) groups excluding carboxylic acids is 2. The molecule has 5 nitrogen and oxygen atoms in total. The fourth-order valence-corrected chi connectivity index (χ4v) is 3.66. The molecule has 126 valence electrons. The van der Waals surface area contributed by atoms with E-state index < -0.39 is 0 Å². The fourth-order valence-electron chi connectivity index (χ4n) is 3.02. The van der Waals surface area contributed by atoms with Gasteiger partial charge in [-0.25, -0.2) is 0 Å². The van der Waals surface area contributed by atoms with E-state index in [4.69, 9.17) is 5.73 Å². The Morgan fingerprint density at radius 3 is 2.71 bits per heavy atom. The van der Waals surface area contributed by atoms with E-state index in [2.05, 4.69) is 17.4 Å². The SMILES string of the molecule is N[C@@H]1CN(C(=O)CCNC(=O)c2ccsc2)C[C@H]1c1ccccc1. The van der Waals surface area contributed by atoms with Crippen molar-refractivity contribution >= 4 is 23.2 Å². The van der Waals surface area contributed by atoms with E-state index in [1.807, 2.05) is 23.6 Å². The van der Waals surface area contributed by atoms with Crippen LogP contribution in [0.5, 0.6) is 0 Å². The topological polar surface area (TPSA) is 75.4 Å². The summed E-state index contributed by atoms with van der Waals surface area (Å²) >= 11 is 1.48. The summed E-state index contributed by atoms with van der Waals surface area (Å²) in [5.41, 5.74) is 8.03. The number of carbonyl (C=O) groups is 2. The van der Waals surface area contributed by atoms with Crippen LogP contribution >= 0.6 is 11.3 Å². The number of benzene rings is 1. The van der Waals surface area contributed by atoms with Crippen molar-refractivity contribution in [1.82, 2.24) is 10.2 Å². The average molecular weight is 343 g/mol. The van der Waals surface area contributed by atoms with Gasteiger partial charge in [0, 0.05) is 49.0 Å². The Morgan fingerprint density at radius 1 is 1.21 bits per heavy atom. The number of likely N-dealkylation sites (tertiary alicyclic amines) is 1. The second-order valence-corrected chi connectivity index (χ2v) is 6.78. The van der Waals surface area contributed by atoms with Gasteiger partial charge in [0.15, 0.2) is 0 Å². The Balaban J connectivity index is 1.48. The van der Waals surface area contributed by atoms with Crippen LogP contribution in [0, 0.1) is 0 Å². The van der Waals surface area contributed by atoms with Crippen molar-refractivity contribution in [1.29, 1.82) is 0 Å². The van der Waals surface area contributed by atoms with Crippen molar-refractivity contribution in [3.05, 3.63) is 58.3 Å². The lowest BCUT2D eigenvalue weighted by molar-refractivity contribution is -0.130. The van der Waals surface area contributed by atoms with Crippen LogP contribution in [0.15, 0.2) is 47.2 Å². The van der Waals surface area contributed by atoms with Crippen LogP contribution in [0.1, 0.15) is 28.3 Å². The first-order chi connectivity index (χ1) is 11.6. The zero-order chi connectivity index (χ0) is 16.9. The first-order valence-corrected chi connectivity index (χ1v) is 8.98. The standard InChI is InChI=1S/C18H21N3O2S/c19-16-11-21(10-15(16)13-4-2-1-3-5-13)17(22)6-8-20-18(23)14-7-9-24-12-14/h1-5,7,9,12,15-16H,6,8,10-11,19H2,(H,20,23)/t15-,16+/m0/s1. The number of thiophene rings is 1. The molecule has 1 aliphatic rings. The third-order valence-electron chi connectivity index (χ3n) is 4.35. The van der Waals surface area contributed by atoms with Gasteiger partial charge in [-0.2, -0.15) is 11.3 Å². The van der Waals surface area contributed by atoms with Gasteiger partial charge in [-0.05, 0) is 17.0 Å². The molecule has 2 aromatic rings. The van der Waals surface area contributed by atoms with Crippen molar-refractivity contribution < 1.29 is 9.59 Å². The molecular weight excluding hydrogens is 322 g/mol. The molecule has 1 aromatic heterocycles. The van der Waals surface area contributed by atoms with Gasteiger partial charge in [0.25, 0.3) is 5.91 Å². The molecule has 1 fully saturated rings. The zero-order valence-corrected chi connectivity index (χ0v) is 14.2. The van der Waals surface area contributed by atoms with Gasteiger partial charge in [-0.15, -0.1) is 0 Å². The average Bonchev–Trinajstić information content (AvgIpc) is 3.25. The largest absolute Gasteiger partial charge is 0.351 e. The fraction of sp³-hybridized carbons (Fsp3) is 0.333. The van der Waals surface area contributed by atoms with E-state index in [0.29, 0.717) is 31.6 Å². The number of nitrogens with one attached hydrogen (secondary N) is 1. The van der Waals surface area contributed by atoms with E-state index >= 15 is 0 Å². The molecule has 0 aliphatic carbocycles. The molecule has 0 bridgehead atoms. The van der Waals surface area contributed by atoms with Gasteiger partial charge >= 0.3 is 0 Å². The zero-order valence-electron chi connectivity index (χ0n) is 13.4. The minimum absolute atomic E-state index is 0.0366. The van der Waals surface area contributed by atoms with E-state index in [0.717, 1.165) is 0 Å². The first-order valence-electron chi connectivity index (χ1n) is 8.04. The van der Waals surface area contributed by atoms with Crippen molar-refractivity contribution in [3.8, 4) is 0 Å². The third-order valence-corrected chi connectivity index (χ3v) is 5.04. The maximum absolute atomic E-state index is 12.4. The summed E-state index contributed by atoms with van der Waals surface area (Å²) in [6, 6.07) is 11.8. The number of amides is 2. The molecule has 0 unspecified atom stereocenters. The number of hydrogen-bond acceptors (Lipinski definition) is 4. The summed E-state index contributed by atoms with van der Waals surface area (Å²) in [4.78, 5) is 26.0. The highest BCUT2D eigenvalue weighted by molar-refractivity contribution is 7.08. The van der Waals surface area contributed by atoms with Crippen LogP contribution in [-0.2, 0) is 4.79 Å². The lowest BCUT2D eigenvalue weighted by atomic mass is 9.95. The second kappa shape index (κ2) is 7.59. The summed E-state index contributed by atoms with van der Waals surface area (Å²) in [6.45, 7) is 1.55. The quantitative estimate of drug-likeness (QED) is 0.869. The minimum atomic E-state index is -0.135. The van der Waals surface area contributed by atoms with E-state index in [1.54, 1.807) is 16.3 Å². The summed E-state index contributed by atoms with van der Waals surface area (Å²) in [7, 11) is 0. The van der Waals surface area contributed by atoms with Gasteiger partial charge in [-0.3, -0.25) is 9.59 Å². The summed E-state index contributed by atoms with van der Waals surface area (Å²) in [5, 5.41) is 6.43. The predicted octanol–water partition coefficient (Wildman–Crippen LogP) is 1.82. The lowest BCUT2D eigenvalue weighted by Crippen LogP contribution is -2.34. The van der Waals surface area contributed by atoms with Gasteiger partial charge < -0.3 is 16.0 Å². The van der Waals surface area contributed by atoms with Crippen LogP contribution in [0.4, 0.5) is 0 Å². The highest BCUT2D eigenvalue weighted by Gasteiger charge is 2.33. The van der Waals surface area contributed by atoms with E-state index in [1.165, 1.54) is 16.9 Å². The number of hydrogen-bond donors (Lipinski definition) is 2. The van der Waals surface area contributed by atoms with Gasteiger partial charge in [0.1, 0.15) is 0 Å². The summed E-state index contributed by atoms with van der Waals surface area (Å²) in [6.07, 6.45) is 0.296. The minimum Gasteiger partial charge on any atom is -0.351 e. The monoisotopic (exact) mass is 343 g/mol. The maximum atomic E-state index is 12.4. The summed E-state index contributed by atoms with van der Waals surface area (Å²) < 4.78 is 0. The molecular formula is C18H21N3O2S. The van der Waals surface area contributed by atoms with Crippen molar-refractivity contribution in [2.75, 3.05) is 19.6 Å². The van der Waals surface area contributed by atoms with Gasteiger partial charge in [-0.1, -0.05) is 30.3 Å². The van der Waals surface area contributed by atoms with Crippen LogP contribution < -0.4 is 11.1 Å². The molecule has 0 radical (unpaired) electrons. The molecule has 0 spiro atoms. The molecule has 1 saturated heterocycles. The Kier molecular flexibility index (Phi) is 5.27. The van der Waals surface area contributed by atoms with Crippen molar-refractivity contribution in [2.45, 2.75) is 18.4 Å². The molecule has 2 atom stereocenters. The predicted molar refractivity (Wildman–Crippen MR) is 95.0 cm³/mol. The molecule has 3 rings (SSSR count). The first kappa shape index (κ1) is 16.7. The van der Waals surface area contributed by atoms with Crippen molar-refractivity contribution in [2.24, 2.45) is 5.73 Å². The van der Waals surface area contributed by atoms with Crippen LogP contribution in [-0.4, -0.2) is 42.4 Å². The normalized spacial score (nSPS) is 20.1. The maximum Gasteiger partial charge on any atom is 0.252 e. The molecule has 2 amide bonds. The number of nitrogens with two attached hydrogens (primary N) is 1. The van der Waals surface area contributed by atoms with Crippen LogP contribution in [0.25, 0.3) is 0 Å². The van der Waals surface area contributed by atoms with E-state index in [9.17, 15) is 9.59 Å². The van der Waals surface area contributed by atoms with Gasteiger partial charge in [0.2, 0.25) is 5.91 Å². The van der Waals surface area contributed by atoms with Crippen molar-refractivity contribution in [3.63, 3.8) is 0 Å². The Bertz CT molecular complexity index is 688. The Morgan fingerprint density at radius 2 is 2.00 bits per heavy atom. The molecule has 2 heterocycles. The Labute approximate surface area is 145 Å². The lowest BCUT2D eigenvalue weighted by Gasteiger charge is -2.16. The molecule has 24 heavy (non-hydrogen) atoms. The van der Waals surface area contributed by atoms with E-state index in [-0.39, 0.29) is 23.8 Å². The molecule has 3 N–H and O–H groups in total. The van der Waals surface area contributed by atoms with Crippen LogP contribution in [0.3, 0.4) is 0 Å². The highest BCUT2D eigenvalue weighted by atomic mass is 32.1. The molecule has 1 aliphatic heterocycles. The Hall–Kier alpha value is -2.18. The second-order valence-electron chi connectivity index (χ2n) is 6.00. The highest BCUT2D eigenvalue weighted by Crippen LogP contribution is 2.26. The molecule has 0 saturated carbocycles. The van der Waals surface area contributed by atoms with Crippen LogP contribution in [0.2, 0.25) is 0 Å². The third kappa shape index (κ3) is 3.83. The number of nitrogens with zero attached hydrogens (tertiary/aromatic N) is 1. The molecule has 6 heteroatoms. The smallest absolute Gasteiger partial charge is 0.252 e.